The van der Waals surface area contributed by atoms with Gasteiger partial charge in [0.2, 0.25) is 5.91 Å². The van der Waals surface area contributed by atoms with Crippen molar-refractivity contribution in [3.63, 3.8) is 0 Å². The Labute approximate surface area is 124 Å². The summed E-state index contributed by atoms with van der Waals surface area (Å²) in [6.07, 6.45) is 0.805. The molecule has 1 aromatic rings. The second kappa shape index (κ2) is 4.45. The number of amides is 1. The Bertz CT molecular complexity index is 599. The van der Waals surface area contributed by atoms with Gasteiger partial charge in [0.1, 0.15) is 23.6 Å². The van der Waals surface area contributed by atoms with E-state index >= 15 is 0 Å². The van der Waals surface area contributed by atoms with Gasteiger partial charge in [-0.25, -0.2) is 0 Å². The first-order chi connectivity index (χ1) is 10.1. The third kappa shape index (κ3) is 2.03. The zero-order valence-electron chi connectivity index (χ0n) is 12.4. The number of carbonyl (C=O) groups excluding carboxylic acids is 1. The van der Waals surface area contributed by atoms with Gasteiger partial charge in [-0.05, 0) is 19.4 Å². The number of fused-ring (bicyclic) bond motifs is 2. The van der Waals surface area contributed by atoms with Gasteiger partial charge in [-0.15, -0.1) is 0 Å². The molecule has 2 saturated heterocycles. The van der Waals surface area contributed by atoms with Crippen LogP contribution in [0.1, 0.15) is 31.1 Å². The van der Waals surface area contributed by atoms with Gasteiger partial charge in [0.15, 0.2) is 0 Å². The maximum atomic E-state index is 12.1. The molecule has 0 radical (unpaired) electrons. The first-order valence-electron chi connectivity index (χ1n) is 7.50. The Balaban J connectivity index is 1.72. The van der Waals surface area contributed by atoms with Crippen molar-refractivity contribution in [2.24, 2.45) is 0 Å². The zero-order valence-corrected chi connectivity index (χ0v) is 12.4. The fourth-order valence-corrected chi connectivity index (χ4v) is 3.58. The van der Waals surface area contributed by atoms with Gasteiger partial charge in [-0.1, -0.05) is 18.2 Å². The van der Waals surface area contributed by atoms with Gasteiger partial charge in [0.05, 0.1) is 13.2 Å². The van der Waals surface area contributed by atoms with Crippen molar-refractivity contribution < 1.29 is 14.3 Å². The Kier molecular flexibility index (Phi) is 2.78. The molecule has 0 bridgehead atoms. The standard InChI is InChI=1S/C16H20N2O3/c1-16(2)8-10-4-3-5-11(13(10)21-16)14-17-15(19)12-9-20-7-6-18(12)14/h3-5,12,14H,6-9H2,1-2H3,(H,17,19). The number of ether oxygens (including phenoxy) is 2. The van der Waals surface area contributed by atoms with Gasteiger partial charge in [-0.2, -0.15) is 0 Å². The molecule has 1 N–H and O–H groups in total. The van der Waals surface area contributed by atoms with E-state index in [0.29, 0.717) is 13.2 Å². The van der Waals surface area contributed by atoms with Crippen molar-refractivity contribution in [3.8, 4) is 5.75 Å². The van der Waals surface area contributed by atoms with Crippen LogP contribution in [-0.2, 0) is 16.0 Å². The molecule has 3 aliphatic rings. The smallest absolute Gasteiger partial charge is 0.241 e. The Morgan fingerprint density at radius 2 is 2.24 bits per heavy atom. The molecule has 5 heteroatoms. The van der Waals surface area contributed by atoms with E-state index in [1.54, 1.807) is 0 Å². The molecule has 2 unspecified atom stereocenters. The summed E-state index contributed by atoms with van der Waals surface area (Å²) in [4.78, 5) is 14.3. The first kappa shape index (κ1) is 13.1. The third-order valence-corrected chi connectivity index (χ3v) is 4.50. The summed E-state index contributed by atoms with van der Waals surface area (Å²) >= 11 is 0. The minimum Gasteiger partial charge on any atom is -0.487 e. The quantitative estimate of drug-likeness (QED) is 0.844. The summed E-state index contributed by atoms with van der Waals surface area (Å²) in [7, 11) is 0. The molecule has 0 spiro atoms. The largest absolute Gasteiger partial charge is 0.487 e. The molecule has 21 heavy (non-hydrogen) atoms. The minimum absolute atomic E-state index is 0.0505. The monoisotopic (exact) mass is 288 g/mol. The summed E-state index contributed by atoms with van der Waals surface area (Å²) in [6, 6.07) is 6.05. The first-order valence-corrected chi connectivity index (χ1v) is 7.50. The molecule has 112 valence electrons. The van der Waals surface area contributed by atoms with E-state index in [1.165, 1.54) is 5.56 Å². The maximum absolute atomic E-state index is 12.1. The molecule has 0 aromatic heterocycles. The number of para-hydroxylation sites is 1. The zero-order chi connectivity index (χ0) is 14.6. The van der Waals surface area contributed by atoms with Crippen LogP contribution in [-0.4, -0.2) is 42.2 Å². The van der Waals surface area contributed by atoms with E-state index in [9.17, 15) is 4.79 Å². The van der Waals surface area contributed by atoms with Gasteiger partial charge in [0, 0.05) is 18.5 Å². The van der Waals surface area contributed by atoms with Crippen molar-refractivity contribution in [2.75, 3.05) is 19.8 Å². The minimum atomic E-state index is -0.175. The lowest BCUT2D eigenvalue weighted by molar-refractivity contribution is -0.125. The lowest BCUT2D eigenvalue weighted by Crippen LogP contribution is -2.44. The molecule has 0 saturated carbocycles. The van der Waals surface area contributed by atoms with Crippen LogP contribution in [0, 0.1) is 0 Å². The maximum Gasteiger partial charge on any atom is 0.241 e. The number of carbonyl (C=O) groups is 1. The van der Waals surface area contributed by atoms with E-state index in [4.69, 9.17) is 9.47 Å². The van der Waals surface area contributed by atoms with Crippen molar-refractivity contribution in [1.82, 2.24) is 10.2 Å². The second-order valence-electron chi connectivity index (χ2n) is 6.61. The van der Waals surface area contributed by atoms with Crippen LogP contribution >= 0.6 is 0 Å². The fourth-order valence-electron chi connectivity index (χ4n) is 3.58. The second-order valence-corrected chi connectivity index (χ2v) is 6.61. The van der Waals surface area contributed by atoms with Gasteiger partial charge >= 0.3 is 0 Å². The predicted octanol–water partition coefficient (Wildman–Crippen LogP) is 1.23. The SMILES string of the molecule is CC1(C)Cc2cccc(C3NC(=O)C4COCCN43)c2O1. The molecule has 3 heterocycles. The molecule has 1 amide bonds. The van der Waals surface area contributed by atoms with E-state index in [2.05, 4.69) is 42.3 Å². The number of hydrogen-bond acceptors (Lipinski definition) is 4. The Morgan fingerprint density at radius 3 is 3.10 bits per heavy atom. The van der Waals surface area contributed by atoms with E-state index in [1.807, 2.05) is 0 Å². The number of hydrogen-bond donors (Lipinski definition) is 1. The molecule has 0 aliphatic carbocycles. The van der Waals surface area contributed by atoms with Crippen molar-refractivity contribution >= 4 is 5.91 Å². The highest BCUT2D eigenvalue weighted by Gasteiger charge is 2.44. The fraction of sp³-hybridized carbons (Fsp3) is 0.562. The van der Waals surface area contributed by atoms with Gasteiger partial charge < -0.3 is 14.8 Å². The van der Waals surface area contributed by atoms with Crippen LogP contribution in [0.25, 0.3) is 0 Å². The summed E-state index contributed by atoms with van der Waals surface area (Å²) in [5.74, 6) is 0.995. The van der Waals surface area contributed by atoms with E-state index < -0.39 is 0 Å². The number of rotatable bonds is 1. The average Bonchev–Trinajstić information content (AvgIpc) is 2.95. The highest BCUT2D eigenvalue weighted by Crippen LogP contribution is 2.42. The van der Waals surface area contributed by atoms with Crippen molar-refractivity contribution in [2.45, 2.75) is 38.1 Å². The molecule has 4 rings (SSSR count). The normalized spacial score (nSPS) is 30.5. The van der Waals surface area contributed by atoms with E-state index in [0.717, 1.165) is 24.3 Å². The van der Waals surface area contributed by atoms with E-state index in [-0.39, 0.29) is 23.7 Å². The Hall–Kier alpha value is -1.59. The predicted molar refractivity (Wildman–Crippen MR) is 77.0 cm³/mol. The van der Waals surface area contributed by atoms with Crippen molar-refractivity contribution in [1.29, 1.82) is 0 Å². The third-order valence-electron chi connectivity index (χ3n) is 4.50. The van der Waals surface area contributed by atoms with Crippen LogP contribution in [0.3, 0.4) is 0 Å². The van der Waals surface area contributed by atoms with Crippen molar-refractivity contribution in [3.05, 3.63) is 29.3 Å². The molecule has 5 nitrogen and oxygen atoms in total. The van der Waals surface area contributed by atoms with Gasteiger partial charge in [0.25, 0.3) is 0 Å². The van der Waals surface area contributed by atoms with Crippen LogP contribution in [0.4, 0.5) is 0 Å². The summed E-state index contributed by atoms with van der Waals surface area (Å²) in [5.41, 5.74) is 2.12. The number of nitrogens with zero attached hydrogens (tertiary/aromatic N) is 1. The molecule has 2 fully saturated rings. The Morgan fingerprint density at radius 1 is 1.38 bits per heavy atom. The number of benzene rings is 1. The highest BCUT2D eigenvalue weighted by atomic mass is 16.5. The molecule has 3 aliphatic heterocycles. The average molecular weight is 288 g/mol. The van der Waals surface area contributed by atoms with Crippen LogP contribution in [0.15, 0.2) is 18.2 Å². The molecule has 2 atom stereocenters. The molecular formula is C16H20N2O3. The lowest BCUT2D eigenvalue weighted by atomic mass is 9.99. The van der Waals surface area contributed by atoms with Crippen LogP contribution < -0.4 is 10.1 Å². The molecular weight excluding hydrogens is 268 g/mol. The summed E-state index contributed by atoms with van der Waals surface area (Å²) < 4.78 is 11.6. The van der Waals surface area contributed by atoms with Crippen LogP contribution in [0.5, 0.6) is 5.75 Å². The highest BCUT2D eigenvalue weighted by molar-refractivity contribution is 5.85. The topological polar surface area (TPSA) is 50.8 Å². The van der Waals surface area contributed by atoms with Gasteiger partial charge in [-0.3, -0.25) is 9.69 Å². The summed E-state index contributed by atoms with van der Waals surface area (Å²) in [6.45, 7) is 6.11. The summed E-state index contributed by atoms with van der Waals surface area (Å²) in [5, 5.41) is 3.10. The lowest BCUT2D eigenvalue weighted by Gasteiger charge is -2.32. The van der Waals surface area contributed by atoms with Crippen LogP contribution in [0.2, 0.25) is 0 Å². The number of morpholine rings is 1. The molecule has 1 aromatic carbocycles. The number of nitrogens with one attached hydrogen (secondary N) is 1.